The van der Waals surface area contributed by atoms with Gasteiger partial charge in [-0.3, -0.25) is 4.79 Å². The van der Waals surface area contributed by atoms with Crippen molar-refractivity contribution in [3.8, 4) is 0 Å². The third kappa shape index (κ3) is 1.23. The van der Waals surface area contributed by atoms with Gasteiger partial charge >= 0.3 is 0 Å². The van der Waals surface area contributed by atoms with Crippen molar-refractivity contribution in [2.75, 3.05) is 0 Å². The molecule has 0 saturated heterocycles. The summed E-state index contributed by atoms with van der Waals surface area (Å²) in [4.78, 5) is 11.1. The van der Waals surface area contributed by atoms with Crippen LogP contribution in [0.3, 0.4) is 0 Å². The number of carbonyl (C=O) groups excluding carboxylic acids is 1. The first kappa shape index (κ1) is 10.2. The minimum absolute atomic E-state index is 0.796. The summed E-state index contributed by atoms with van der Waals surface area (Å²) in [5, 5.41) is 2.51. The molecule has 86 valence electrons. The van der Waals surface area contributed by atoms with Crippen molar-refractivity contribution in [2.45, 2.75) is 0 Å². The highest BCUT2D eigenvalue weighted by molar-refractivity contribution is 7.36. The molecule has 0 aliphatic carbocycles. The van der Waals surface area contributed by atoms with Gasteiger partial charge in [0.1, 0.15) is 0 Å². The van der Waals surface area contributed by atoms with Gasteiger partial charge in [0.25, 0.3) is 0 Å². The summed E-state index contributed by atoms with van der Waals surface area (Å²) < 4.78 is 5.04. The summed E-state index contributed by atoms with van der Waals surface area (Å²) in [7, 11) is 0. The largest absolute Gasteiger partial charge is 0.298 e. The molecule has 0 fully saturated rings. The number of thiophene rings is 2. The molecule has 0 radical (unpaired) electrons. The maximum absolute atomic E-state index is 11.1. The highest BCUT2D eigenvalue weighted by atomic mass is 32.1. The molecule has 1 nitrogen and oxygen atoms in total. The molecule has 18 heavy (non-hydrogen) atoms. The van der Waals surface area contributed by atoms with E-state index in [0.29, 0.717) is 0 Å². The number of benzene rings is 2. The standard InChI is InChI=1S/C15H8OS2/c16-8-9-4-3-6-11-13(9)18-14-10-5-1-2-7-12(10)17-15(11)14/h1-8H. The van der Waals surface area contributed by atoms with E-state index in [2.05, 4.69) is 30.3 Å². The zero-order valence-electron chi connectivity index (χ0n) is 9.34. The van der Waals surface area contributed by atoms with Gasteiger partial charge in [-0.1, -0.05) is 36.4 Å². The second kappa shape index (κ2) is 3.64. The van der Waals surface area contributed by atoms with Crippen molar-refractivity contribution in [3.63, 3.8) is 0 Å². The molecule has 0 saturated carbocycles. The van der Waals surface area contributed by atoms with Crippen LogP contribution in [0.4, 0.5) is 0 Å². The summed E-state index contributed by atoms with van der Waals surface area (Å²) >= 11 is 3.54. The van der Waals surface area contributed by atoms with Crippen LogP contribution in [0.25, 0.3) is 29.6 Å². The van der Waals surface area contributed by atoms with E-state index in [9.17, 15) is 4.79 Å². The van der Waals surface area contributed by atoms with Crippen LogP contribution < -0.4 is 0 Å². The topological polar surface area (TPSA) is 17.1 Å². The molecular formula is C15H8OS2. The third-order valence-corrected chi connectivity index (χ3v) is 5.79. The van der Waals surface area contributed by atoms with Crippen LogP contribution in [-0.2, 0) is 0 Å². The minimum atomic E-state index is 0.796. The van der Waals surface area contributed by atoms with Crippen molar-refractivity contribution >= 4 is 58.5 Å². The lowest BCUT2D eigenvalue weighted by atomic mass is 10.2. The van der Waals surface area contributed by atoms with E-state index in [-0.39, 0.29) is 0 Å². The fourth-order valence-corrected chi connectivity index (χ4v) is 5.06. The number of hydrogen-bond acceptors (Lipinski definition) is 3. The summed E-state index contributed by atoms with van der Waals surface area (Å²) in [6.45, 7) is 0. The van der Waals surface area contributed by atoms with Crippen LogP contribution in [0.5, 0.6) is 0 Å². The molecule has 0 aliphatic heterocycles. The van der Waals surface area contributed by atoms with Crippen LogP contribution in [-0.4, -0.2) is 6.29 Å². The van der Waals surface area contributed by atoms with Gasteiger partial charge in [0, 0.05) is 25.7 Å². The molecule has 4 rings (SSSR count). The monoisotopic (exact) mass is 268 g/mol. The molecule has 2 heterocycles. The second-order valence-electron chi connectivity index (χ2n) is 4.20. The fourth-order valence-electron chi connectivity index (χ4n) is 2.34. The Morgan fingerprint density at radius 1 is 0.778 bits per heavy atom. The number of rotatable bonds is 1. The Labute approximate surface area is 111 Å². The van der Waals surface area contributed by atoms with Crippen molar-refractivity contribution in [3.05, 3.63) is 48.0 Å². The lowest BCUT2D eigenvalue weighted by Crippen LogP contribution is -1.76. The second-order valence-corrected chi connectivity index (χ2v) is 6.27. The van der Waals surface area contributed by atoms with E-state index in [4.69, 9.17) is 0 Å². The van der Waals surface area contributed by atoms with E-state index in [1.165, 1.54) is 24.9 Å². The molecule has 2 aromatic heterocycles. The Balaban J connectivity index is 2.29. The number of fused-ring (bicyclic) bond motifs is 5. The summed E-state index contributed by atoms with van der Waals surface area (Å²) in [6.07, 6.45) is 0.949. The van der Waals surface area contributed by atoms with Crippen LogP contribution >= 0.6 is 22.7 Å². The maximum atomic E-state index is 11.1. The van der Waals surface area contributed by atoms with Gasteiger partial charge < -0.3 is 0 Å². The summed E-state index contributed by atoms with van der Waals surface area (Å²) in [6, 6.07) is 14.4. The quantitative estimate of drug-likeness (QED) is 0.440. The van der Waals surface area contributed by atoms with E-state index in [1.807, 2.05) is 23.5 Å². The van der Waals surface area contributed by atoms with Crippen molar-refractivity contribution in [1.82, 2.24) is 0 Å². The van der Waals surface area contributed by atoms with Gasteiger partial charge in [0.2, 0.25) is 0 Å². The average Bonchev–Trinajstić information content (AvgIpc) is 2.94. The highest BCUT2D eigenvalue weighted by Crippen LogP contribution is 2.44. The molecule has 0 bridgehead atoms. The van der Waals surface area contributed by atoms with Gasteiger partial charge in [-0.15, -0.1) is 22.7 Å². The lowest BCUT2D eigenvalue weighted by molar-refractivity contribution is 0.112. The predicted molar refractivity (Wildman–Crippen MR) is 80.1 cm³/mol. The van der Waals surface area contributed by atoms with E-state index in [0.717, 1.165) is 16.5 Å². The molecule has 2 aromatic carbocycles. The van der Waals surface area contributed by atoms with Crippen molar-refractivity contribution in [2.24, 2.45) is 0 Å². The smallest absolute Gasteiger partial charge is 0.151 e. The average molecular weight is 268 g/mol. The van der Waals surface area contributed by atoms with Gasteiger partial charge in [-0.2, -0.15) is 0 Å². The molecule has 0 unspecified atom stereocenters. The van der Waals surface area contributed by atoms with Crippen LogP contribution in [0.1, 0.15) is 10.4 Å². The molecule has 0 aliphatic rings. The van der Waals surface area contributed by atoms with E-state index >= 15 is 0 Å². The Hall–Kier alpha value is -1.71. The third-order valence-electron chi connectivity index (χ3n) is 3.17. The Morgan fingerprint density at radius 3 is 2.44 bits per heavy atom. The number of hydrogen-bond donors (Lipinski definition) is 0. The van der Waals surface area contributed by atoms with Gasteiger partial charge in [-0.05, 0) is 6.07 Å². The number of carbonyl (C=O) groups is 1. The molecule has 0 spiro atoms. The van der Waals surface area contributed by atoms with Crippen LogP contribution in [0.2, 0.25) is 0 Å². The van der Waals surface area contributed by atoms with Gasteiger partial charge in [-0.25, -0.2) is 0 Å². The van der Waals surface area contributed by atoms with Crippen molar-refractivity contribution < 1.29 is 4.79 Å². The van der Waals surface area contributed by atoms with Gasteiger partial charge in [0.05, 0.1) is 9.40 Å². The Morgan fingerprint density at radius 2 is 1.56 bits per heavy atom. The molecule has 4 aromatic rings. The fraction of sp³-hybridized carbons (Fsp3) is 0. The Bertz CT molecular complexity index is 899. The maximum Gasteiger partial charge on any atom is 0.151 e. The normalized spacial score (nSPS) is 11.6. The number of aldehydes is 1. The first-order valence-corrected chi connectivity index (χ1v) is 7.30. The van der Waals surface area contributed by atoms with Crippen molar-refractivity contribution in [1.29, 1.82) is 0 Å². The lowest BCUT2D eigenvalue weighted by Gasteiger charge is -1.92. The summed E-state index contributed by atoms with van der Waals surface area (Å²) in [5.41, 5.74) is 0.796. The molecule has 0 atom stereocenters. The minimum Gasteiger partial charge on any atom is -0.298 e. The summed E-state index contributed by atoms with van der Waals surface area (Å²) in [5.74, 6) is 0. The zero-order chi connectivity index (χ0) is 12.1. The first-order valence-electron chi connectivity index (χ1n) is 5.66. The molecule has 0 amide bonds. The predicted octanol–water partition coefficient (Wildman–Crippen LogP) is 5.08. The highest BCUT2D eigenvalue weighted by Gasteiger charge is 2.13. The zero-order valence-corrected chi connectivity index (χ0v) is 11.0. The molecule has 0 N–H and O–H groups in total. The van der Waals surface area contributed by atoms with Gasteiger partial charge in [0.15, 0.2) is 6.29 Å². The van der Waals surface area contributed by atoms with Crippen LogP contribution in [0.15, 0.2) is 42.5 Å². The molecular weight excluding hydrogens is 260 g/mol. The van der Waals surface area contributed by atoms with E-state index in [1.54, 1.807) is 11.3 Å². The van der Waals surface area contributed by atoms with Crippen LogP contribution in [0, 0.1) is 0 Å². The molecule has 3 heteroatoms. The SMILES string of the molecule is O=Cc1cccc2c1sc1c3ccccc3sc21. The van der Waals surface area contributed by atoms with E-state index < -0.39 is 0 Å². The Kier molecular flexibility index (Phi) is 2.07. The first-order chi connectivity index (χ1) is 8.88.